The Bertz CT molecular complexity index is 787. The number of aromatic nitrogens is 2. The second kappa shape index (κ2) is 6.64. The topological polar surface area (TPSA) is 64.2 Å². The molecule has 1 saturated heterocycles. The molecule has 0 atom stereocenters. The van der Waals surface area contributed by atoms with Gasteiger partial charge >= 0.3 is 0 Å². The highest BCUT2D eigenvalue weighted by Crippen LogP contribution is 2.30. The van der Waals surface area contributed by atoms with Crippen molar-refractivity contribution in [2.75, 3.05) is 19.6 Å². The summed E-state index contributed by atoms with van der Waals surface area (Å²) in [6, 6.07) is 8.25. The number of likely N-dealkylation sites (tertiary alicyclic amines) is 1. The van der Waals surface area contributed by atoms with E-state index in [1.165, 1.54) is 11.3 Å². The largest absolute Gasteiger partial charge is 0.337 e. The summed E-state index contributed by atoms with van der Waals surface area (Å²) in [5.41, 5.74) is 11.1. The predicted molar refractivity (Wildman–Crippen MR) is 98.0 cm³/mol. The summed E-state index contributed by atoms with van der Waals surface area (Å²) < 4.78 is 2.01. The van der Waals surface area contributed by atoms with Crippen molar-refractivity contribution in [3.05, 3.63) is 46.8 Å². The molecule has 2 N–H and O–H groups in total. The van der Waals surface area contributed by atoms with Crippen molar-refractivity contribution >= 4 is 5.91 Å². The highest BCUT2D eigenvalue weighted by Gasteiger charge is 2.31. The molecule has 0 radical (unpaired) electrons. The lowest BCUT2D eigenvalue weighted by atomic mass is 9.97. The molecule has 4 rings (SSSR count). The molecule has 2 heterocycles. The van der Waals surface area contributed by atoms with Crippen LogP contribution in [0.15, 0.2) is 24.3 Å². The van der Waals surface area contributed by atoms with Gasteiger partial charge in [0.05, 0.1) is 5.69 Å². The molecule has 0 spiro atoms. The van der Waals surface area contributed by atoms with Gasteiger partial charge in [0.15, 0.2) is 5.69 Å². The number of nitrogens with two attached hydrogens (primary N) is 1. The first-order valence-electron chi connectivity index (χ1n) is 9.35. The van der Waals surface area contributed by atoms with Crippen LogP contribution in [0.4, 0.5) is 0 Å². The van der Waals surface area contributed by atoms with Crippen LogP contribution < -0.4 is 5.73 Å². The highest BCUT2D eigenvalue weighted by molar-refractivity contribution is 5.94. The molecule has 0 unspecified atom stereocenters. The second-order valence-corrected chi connectivity index (χ2v) is 7.30. The van der Waals surface area contributed by atoms with E-state index in [1.807, 2.05) is 21.7 Å². The van der Waals surface area contributed by atoms with Gasteiger partial charge in [-0.25, -0.2) is 4.68 Å². The Kier molecular flexibility index (Phi) is 4.34. The molecule has 5 heteroatoms. The lowest BCUT2D eigenvalue weighted by Crippen LogP contribution is -2.40. The minimum atomic E-state index is 0.0981. The van der Waals surface area contributed by atoms with Crippen molar-refractivity contribution in [3.63, 3.8) is 0 Å². The Labute approximate surface area is 148 Å². The normalized spacial score (nSPS) is 17.8. The second-order valence-electron chi connectivity index (χ2n) is 7.30. The number of fused-ring (bicyclic) bond motifs is 1. The zero-order valence-corrected chi connectivity index (χ0v) is 14.9. The fourth-order valence-electron chi connectivity index (χ4n) is 4.13. The number of hydrogen-bond acceptors (Lipinski definition) is 3. The minimum Gasteiger partial charge on any atom is -0.337 e. The lowest BCUT2D eigenvalue weighted by Gasteiger charge is -2.31. The van der Waals surface area contributed by atoms with Gasteiger partial charge in [0, 0.05) is 24.3 Å². The number of carbonyl (C=O) groups is 1. The van der Waals surface area contributed by atoms with E-state index < -0.39 is 0 Å². The zero-order valence-electron chi connectivity index (χ0n) is 14.9. The van der Waals surface area contributed by atoms with Crippen LogP contribution in [-0.4, -0.2) is 40.2 Å². The summed E-state index contributed by atoms with van der Waals surface area (Å²) >= 11 is 0. The SMILES string of the molecule is Cc1ccccc1-n1nc(C(=O)N2CCC(CN)CC2)c2c1CCC2. The van der Waals surface area contributed by atoms with E-state index >= 15 is 0 Å². The lowest BCUT2D eigenvalue weighted by molar-refractivity contribution is 0.0686. The molecule has 1 fully saturated rings. The number of aryl methyl sites for hydroxylation is 1. The Morgan fingerprint density at radius 2 is 2.00 bits per heavy atom. The average molecular weight is 338 g/mol. The molecule has 1 aromatic carbocycles. The fraction of sp³-hybridized carbons (Fsp3) is 0.500. The molecule has 1 aliphatic carbocycles. The zero-order chi connectivity index (χ0) is 17.4. The fourth-order valence-corrected chi connectivity index (χ4v) is 4.13. The van der Waals surface area contributed by atoms with Gasteiger partial charge in [0.25, 0.3) is 5.91 Å². The van der Waals surface area contributed by atoms with E-state index in [9.17, 15) is 4.79 Å². The van der Waals surface area contributed by atoms with Gasteiger partial charge in [-0.15, -0.1) is 0 Å². The van der Waals surface area contributed by atoms with Crippen molar-refractivity contribution < 1.29 is 4.79 Å². The van der Waals surface area contributed by atoms with Crippen LogP contribution in [0.3, 0.4) is 0 Å². The van der Waals surface area contributed by atoms with Crippen molar-refractivity contribution in [1.82, 2.24) is 14.7 Å². The molecule has 1 aromatic heterocycles. The van der Waals surface area contributed by atoms with Gasteiger partial charge in [-0.3, -0.25) is 4.79 Å². The monoisotopic (exact) mass is 338 g/mol. The molecule has 1 aliphatic heterocycles. The molecule has 5 nitrogen and oxygen atoms in total. The van der Waals surface area contributed by atoms with Crippen LogP contribution in [-0.2, 0) is 12.8 Å². The van der Waals surface area contributed by atoms with Gasteiger partial charge in [-0.2, -0.15) is 5.10 Å². The molecular weight excluding hydrogens is 312 g/mol. The summed E-state index contributed by atoms with van der Waals surface area (Å²) in [6.45, 7) is 4.41. The van der Waals surface area contributed by atoms with E-state index in [2.05, 4.69) is 19.1 Å². The first-order valence-corrected chi connectivity index (χ1v) is 9.35. The molecule has 0 bridgehead atoms. The number of hydrogen-bond donors (Lipinski definition) is 1. The molecule has 25 heavy (non-hydrogen) atoms. The first-order chi connectivity index (χ1) is 12.2. The van der Waals surface area contributed by atoms with Crippen molar-refractivity contribution in [1.29, 1.82) is 0 Å². The standard InChI is InChI=1S/C20H26N4O/c1-14-5-2-3-7-17(14)24-18-8-4-6-16(18)19(22-24)20(25)23-11-9-15(13-21)10-12-23/h2-3,5,7,15H,4,6,8-13,21H2,1H3. The predicted octanol–water partition coefficient (Wildman–Crippen LogP) is 2.48. The number of benzene rings is 1. The number of para-hydroxylation sites is 1. The number of carbonyl (C=O) groups excluding carboxylic acids is 1. The molecule has 132 valence electrons. The van der Waals surface area contributed by atoms with Crippen LogP contribution in [0.5, 0.6) is 0 Å². The van der Waals surface area contributed by atoms with Crippen LogP contribution >= 0.6 is 0 Å². The van der Waals surface area contributed by atoms with Crippen LogP contribution in [0, 0.1) is 12.8 Å². The Balaban J connectivity index is 1.66. The Hall–Kier alpha value is -2.14. The quantitative estimate of drug-likeness (QED) is 0.935. The van der Waals surface area contributed by atoms with Gasteiger partial charge in [0.1, 0.15) is 0 Å². The summed E-state index contributed by atoms with van der Waals surface area (Å²) in [4.78, 5) is 15.1. The summed E-state index contributed by atoms with van der Waals surface area (Å²) in [6.07, 6.45) is 5.07. The van der Waals surface area contributed by atoms with Gasteiger partial charge in [-0.05, 0) is 63.1 Å². The van der Waals surface area contributed by atoms with Crippen LogP contribution in [0.1, 0.15) is 46.6 Å². The third kappa shape index (κ3) is 2.86. The van der Waals surface area contributed by atoms with E-state index in [0.29, 0.717) is 11.6 Å². The maximum atomic E-state index is 13.1. The third-order valence-corrected chi connectivity index (χ3v) is 5.71. The van der Waals surface area contributed by atoms with Crippen molar-refractivity contribution in [2.24, 2.45) is 11.7 Å². The average Bonchev–Trinajstić information content (AvgIpc) is 3.24. The maximum absolute atomic E-state index is 13.1. The van der Waals surface area contributed by atoms with Gasteiger partial charge < -0.3 is 10.6 Å². The summed E-state index contributed by atoms with van der Waals surface area (Å²) in [7, 11) is 0. The van der Waals surface area contributed by atoms with E-state index in [-0.39, 0.29) is 5.91 Å². The molecule has 2 aromatic rings. The Morgan fingerprint density at radius 1 is 1.24 bits per heavy atom. The third-order valence-electron chi connectivity index (χ3n) is 5.71. The van der Waals surface area contributed by atoms with Crippen molar-refractivity contribution in [3.8, 4) is 5.69 Å². The van der Waals surface area contributed by atoms with Gasteiger partial charge in [0.2, 0.25) is 0 Å². The highest BCUT2D eigenvalue weighted by atomic mass is 16.2. The summed E-state index contributed by atoms with van der Waals surface area (Å²) in [5, 5.41) is 4.78. The molecule has 1 amide bonds. The minimum absolute atomic E-state index is 0.0981. The summed E-state index contributed by atoms with van der Waals surface area (Å²) in [5.74, 6) is 0.653. The molecule has 2 aliphatic rings. The van der Waals surface area contributed by atoms with E-state index in [4.69, 9.17) is 10.8 Å². The smallest absolute Gasteiger partial charge is 0.274 e. The van der Waals surface area contributed by atoms with E-state index in [0.717, 1.165) is 63.0 Å². The van der Waals surface area contributed by atoms with E-state index in [1.54, 1.807) is 0 Å². The van der Waals surface area contributed by atoms with Crippen molar-refractivity contribution in [2.45, 2.75) is 39.0 Å². The molecular formula is C20H26N4O. The Morgan fingerprint density at radius 3 is 2.72 bits per heavy atom. The molecule has 0 saturated carbocycles. The van der Waals surface area contributed by atoms with Crippen LogP contribution in [0.2, 0.25) is 0 Å². The number of piperidine rings is 1. The maximum Gasteiger partial charge on any atom is 0.274 e. The van der Waals surface area contributed by atoms with Gasteiger partial charge in [-0.1, -0.05) is 18.2 Å². The van der Waals surface area contributed by atoms with Crippen LogP contribution in [0.25, 0.3) is 5.69 Å². The number of nitrogens with zero attached hydrogens (tertiary/aromatic N) is 3. The number of rotatable bonds is 3. The first kappa shape index (κ1) is 16.3. The number of amides is 1.